The number of likely N-dealkylation sites (N-methyl/N-ethyl adjacent to an activating group) is 1. The van der Waals surface area contributed by atoms with E-state index in [1.165, 1.54) is 32.4 Å². The predicted octanol–water partition coefficient (Wildman–Crippen LogP) is 2.41. The summed E-state index contributed by atoms with van der Waals surface area (Å²) in [5, 5.41) is 2.67. The zero-order valence-corrected chi connectivity index (χ0v) is 15.4. The Bertz CT molecular complexity index is 872. The Morgan fingerprint density at radius 3 is 2.78 bits per heavy atom. The summed E-state index contributed by atoms with van der Waals surface area (Å²) in [6.45, 7) is 2.88. The molecule has 1 unspecified atom stereocenters. The number of allylic oxidation sites excluding steroid dienone is 2. The van der Waals surface area contributed by atoms with E-state index in [-0.39, 0.29) is 12.3 Å². The highest BCUT2D eigenvalue weighted by Crippen LogP contribution is 2.33. The average Bonchev–Trinajstić information content (AvgIpc) is 2.66. The van der Waals surface area contributed by atoms with E-state index in [0.717, 1.165) is 0 Å². The summed E-state index contributed by atoms with van der Waals surface area (Å²) in [5.41, 5.74) is 1.55. The number of amides is 1. The zero-order valence-electron chi connectivity index (χ0n) is 15.4. The van der Waals surface area contributed by atoms with E-state index in [1.807, 2.05) is 18.0 Å². The lowest BCUT2D eigenvalue weighted by Gasteiger charge is -2.32. The number of benzene rings is 1. The number of hydrogen-bond donors (Lipinski definition) is 1. The quantitative estimate of drug-likeness (QED) is 0.860. The van der Waals surface area contributed by atoms with Crippen LogP contribution in [-0.2, 0) is 19.1 Å². The van der Waals surface area contributed by atoms with Gasteiger partial charge >= 0.3 is 0 Å². The number of rotatable bonds is 5. The molecule has 1 amide bonds. The number of halogens is 1. The molecule has 142 valence electrons. The molecule has 1 aromatic rings. The van der Waals surface area contributed by atoms with E-state index in [9.17, 15) is 14.0 Å². The minimum atomic E-state index is -0.896. The van der Waals surface area contributed by atoms with Gasteiger partial charge in [0.25, 0.3) is 5.91 Å². The van der Waals surface area contributed by atoms with Gasteiger partial charge in [0.15, 0.2) is 6.10 Å². The lowest BCUT2D eigenvalue weighted by molar-refractivity contribution is -0.125. The topological polar surface area (TPSA) is 67.9 Å². The summed E-state index contributed by atoms with van der Waals surface area (Å²) in [6.07, 6.45) is 2.64. The molecule has 1 atom stereocenters. The largest absolute Gasteiger partial charge is 0.498 e. The van der Waals surface area contributed by atoms with Gasteiger partial charge in [-0.1, -0.05) is 6.07 Å². The van der Waals surface area contributed by atoms with E-state index in [0.29, 0.717) is 34.7 Å². The van der Waals surface area contributed by atoms with Crippen LogP contribution < -0.4 is 5.32 Å². The third-order valence-electron chi connectivity index (χ3n) is 4.55. The maximum absolute atomic E-state index is 13.4. The van der Waals surface area contributed by atoms with E-state index in [4.69, 9.17) is 9.47 Å². The number of methoxy groups -OCH3 is 2. The van der Waals surface area contributed by atoms with Crippen molar-refractivity contribution in [2.45, 2.75) is 13.0 Å². The number of hydrogen-bond acceptors (Lipinski definition) is 5. The molecule has 1 heterocycles. The number of ketones is 1. The minimum absolute atomic E-state index is 0.273. The number of fused-ring (bicyclic) bond motifs is 1. The molecular weight excluding hydrogens is 351 g/mol. The van der Waals surface area contributed by atoms with Crippen molar-refractivity contribution in [3.8, 4) is 0 Å². The number of nitrogens with one attached hydrogen (secondary N) is 1. The second-order valence-electron chi connectivity index (χ2n) is 6.20. The molecule has 0 fully saturated rings. The summed E-state index contributed by atoms with van der Waals surface area (Å²) in [5.74, 6) is -0.841. The second kappa shape index (κ2) is 7.75. The Hall–Kier alpha value is -2.93. The van der Waals surface area contributed by atoms with Crippen LogP contribution in [0, 0.1) is 5.82 Å². The maximum Gasteiger partial charge on any atom is 0.254 e. The van der Waals surface area contributed by atoms with Crippen molar-refractivity contribution in [1.82, 2.24) is 4.90 Å². The molecule has 6 nitrogen and oxygen atoms in total. The Morgan fingerprint density at radius 2 is 2.15 bits per heavy atom. The summed E-state index contributed by atoms with van der Waals surface area (Å²) in [6, 6.07) is 5.62. The molecule has 0 radical (unpaired) electrons. The van der Waals surface area contributed by atoms with Gasteiger partial charge in [0.2, 0.25) is 5.78 Å². The molecule has 3 rings (SSSR count). The van der Waals surface area contributed by atoms with Crippen molar-refractivity contribution in [3.63, 3.8) is 0 Å². The van der Waals surface area contributed by atoms with Crippen molar-refractivity contribution < 1.29 is 23.5 Å². The number of carbonyl (C=O) groups excluding carboxylic acids is 2. The highest BCUT2D eigenvalue weighted by molar-refractivity contribution is 6.16. The number of carbonyl (C=O) groups is 2. The molecule has 1 aliphatic heterocycles. The molecule has 0 saturated heterocycles. The number of anilines is 1. The monoisotopic (exact) mass is 372 g/mol. The van der Waals surface area contributed by atoms with Gasteiger partial charge in [-0.2, -0.15) is 0 Å². The second-order valence-corrected chi connectivity index (χ2v) is 6.20. The van der Waals surface area contributed by atoms with Crippen LogP contribution in [0.3, 0.4) is 0 Å². The molecule has 0 spiro atoms. The van der Waals surface area contributed by atoms with Crippen LogP contribution in [0.5, 0.6) is 0 Å². The predicted molar refractivity (Wildman–Crippen MR) is 98.3 cm³/mol. The smallest absolute Gasteiger partial charge is 0.254 e. The van der Waals surface area contributed by atoms with Crippen LogP contribution in [0.4, 0.5) is 10.1 Å². The first-order chi connectivity index (χ1) is 13.0. The van der Waals surface area contributed by atoms with Crippen molar-refractivity contribution >= 4 is 17.4 Å². The maximum atomic E-state index is 13.4. The van der Waals surface area contributed by atoms with Crippen LogP contribution >= 0.6 is 0 Å². The van der Waals surface area contributed by atoms with Crippen molar-refractivity contribution in [3.05, 3.63) is 64.8 Å². The van der Waals surface area contributed by atoms with Gasteiger partial charge in [0, 0.05) is 48.8 Å². The molecule has 0 aromatic heterocycles. The molecule has 1 aromatic carbocycles. The van der Waals surface area contributed by atoms with Gasteiger partial charge in [-0.15, -0.1) is 0 Å². The first kappa shape index (κ1) is 18.8. The standard InChI is InChI=1S/C20H21FN2O4/c1-4-23-10-12-8-16(26-2)19(27-3)18(24)17(12)15(11-23)20(25)22-14-7-5-6-13(21)9-14/h5-10,19H,4,11H2,1-3H3,(H,22,25). The average molecular weight is 372 g/mol. The lowest BCUT2D eigenvalue weighted by Crippen LogP contribution is -2.39. The summed E-state index contributed by atoms with van der Waals surface area (Å²) in [7, 11) is 2.89. The minimum Gasteiger partial charge on any atom is -0.498 e. The Kier molecular flexibility index (Phi) is 5.41. The first-order valence-electron chi connectivity index (χ1n) is 8.57. The fourth-order valence-corrected chi connectivity index (χ4v) is 3.20. The third-order valence-corrected chi connectivity index (χ3v) is 4.55. The molecule has 0 bridgehead atoms. The Balaban J connectivity index is 2.03. The third kappa shape index (κ3) is 3.64. The molecule has 1 aliphatic carbocycles. The van der Waals surface area contributed by atoms with Crippen LogP contribution in [0.2, 0.25) is 0 Å². The van der Waals surface area contributed by atoms with Crippen LogP contribution in [0.1, 0.15) is 6.92 Å². The van der Waals surface area contributed by atoms with Crippen LogP contribution in [0.15, 0.2) is 59.0 Å². The van der Waals surface area contributed by atoms with E-state index < -0.39 is 17.8 Å². The fourth-order valence-electron chi connectivity index (χ4n) is 3.20. The van der Waals surface area contributed by atoms with Crippen LogP contribution in [0.25, 0.3) is 0 Å². The zero-order chi connectivity index (χ0) is 19.6. The van der Waals surface area contributed by atoms with E-state index in [2.05, 4.69) is 5.32 Å². The Morgan fingerprint density at radius 1 is 1.37 bits per heavy atom. The van der Waals surface area contributed by atoms with Crippen molar-refractivity contribution in [2.24, 2.45) is 0 Å². The summed E-state index contributed by atoms with van der Waals surface area (Å²) >= 11 is 0. The van der Waals surface area contributed by atoms with Gasteiger partial charge in [0.05, 0.1) is 7.11 Å². The lowest BCUT2D eigenvalue weighted by atomic mass is 9.85. The van der Waals surface area contributed by atoms with Crippen LogP contribution in [-0.4, -0.2) is 50.0 Å². The summed E-state index contributed by atoms with van der Waals surface area (Å²) < 4.78 is 24.0. The molecule has 0 saturated carbocycles. The number of ether oxygens (including phenoxy) is 2. The first-order valence-corrected chi connectivity index (χ1v) is 8.57. The molecule has 7 heteroatoms. The van der Waals surface area contributed by atoms with E-state index in [1.54, 1.807) is 12.1 Å². The fraction of sp³-hybridized carbons (Fsp3) is 0.300. The van der Waals surface area contributed by atoms with Gasteiger partial charge in [-0.25, -0.2) is 4.39 Å². The highest BCUT2D eigenvalue weighted by atomic mass is 19.1. The van der Waals surface area contributed by atoms with Crippen molar-refractivity contribution in [1.29, 1.82) is 0 Å². The molecular formula is C20H21FN2O4. The molecule has 27 heavy (non-hydrogen) atoms. The van der Waals surface area contributed by atoms with E-state index >= 15 is 0 Å². The normalized spacial score (nSPS) is 19.3. The Labute approximate surface area is 156 Å². The van der Waals surface area contributed by atoms with Crippen molar-refractivity contribution in [2.75, 3.05) is 32.6 Å². The molecule has 1 N–H and O–H groups in total. The highest BCUT2D eigenvalue weighted by Gasteiger charge is 2.38. The van der Waals surface area contributed by atoms with Gasteiger partial charge in [-0.05, 0) is 31.2 Å². The number of nitrogens with zero attached hydrogens (tertiary/aromatic N) is 1. The number of Topliss-reactive ketones (excluding diaryl/α,β-unsaturated/α-hetero) is 1. The SMILES string of the molecule is CCN1C=C2C=C(OC)C(OC)C(=O)C2=C(C(=O)Nc2cccc(F)c2)C1. The van der Waals surface area contributed by atoms with Gasteiger partial charge in [-0.3, -0.25) is 9.59 Å². The van der Waals surface area contributed by atoms with Gasteiger partial charge < -0.3 is 19.7 Å². The molecule has 2 aliphatic rings. The summed E-state index contributed by atoms with van der Waals surface area (Å²) in [4.78, 5) is 27.8. The van der Waals surface area contributed by atoms with Gasteiger partial charge in [0.1, 0.15) is 11.6 Å².